The number of nitrogen functional groups attached to an aromatic ring is 1. The number of aryl methyl sites for hydroxylation is 1. The highest BCUT2D eigenvalue weighted by Gasteiger charge is 2.06. The van der Waals surface area contributed by atoms with Crippen molar-refractivity contribution in [3.63, 3.8) is 0 Å². The predicted molar refractivity (Wildman–Crippen MR) is 70.2 cm³/mol. The highest BCUT2D eigenvalue weighted by atomic mass is 35.5. The van der Waals surface area contributed by atoms with Crippen molar-refractivity contribution in [3.05, 3.63) is 52.6 Å². The average molecular weight is 269 g/mol. The standard InChI is InChI=1S/C13H11ClF2N2/c1-7-4-13(12(17)6-11(7)16)18-8-2-3-10(15)9(14)5-8/h2-6,18H,17H2,1H3. The fourth-order valence-electron chi connectivity index (χ4n) is 1.53. The molecule has 0 fully saturated rings. The molecule has 0 spiro atoms. The van der Waals surface area contributed by atoms with Gasteiger partial charge >= 0.3 is 0 Å². The van der Waals surface area contributed by atoms with Crippen LogP contribution >= 0.6 is 11.6 Å². The van der Waals surface area contributed by atoms with E-state index in [1.165, 1.54) is 24.3 Å². The smallest absolute Gasteiger partial charge is 0.141 e. The van der Waals surface area contributed by atoms with E-state index in [1.807, 2.05) is 0 Å². The van der Waals surface area contributed by atoms with Crippen LogP contribution in [-0.2, 0) is 0 Å². The number of anilines is 3. The van der Waals surface area contributed by atoms with Gasteiger partial charge < -0.3 is 11.1 Å². The predicted octanol–water partition coefficient (Wildman–Crippen LogP) is 4.25. The lowest BCUT2D eigenvalue weighted by Crippen LogP contribution is -1.99. The van der Waals surface area contributed by atoms with Gasteiger partial charge in [0, 0.05) is 5.69 Å². The molecule has 0 aliphatic heterocycles. The molecule has 0 saturated carbocycles. The topological polar surface area (TPSA) is 38.0 Å². The van der Waals surface area contributed by atoms with Gasteiger partial charge in [-0.2, -0.15) is 0 Å². The van der Waals surface area contributed by atoms with Crippen LogP contribution in [0.5, 0.6) is 0 Å². The van der Waals surface area contributed by atoms with Crippen molar-refractivity contribution in [2.75, 3.05) is 11.1 Å². The van der Waals surface area contributed by atoms with Gasteiger partial charge in [-0.1, -0.05) is 11.6 Å². The Bertz CT molecular complexity index is 600. The number of benzene rings is 2. The van der Waals surface area contributed by atoms with Gasteiger partial charge in [0.15, 0.2) is 0 Å². The minimum absolute atomic E-state index is 0.0115. The van der Waals surface area contributed by atoms with Gasteiger partial charge in [0.1, 0.15) is 11.6 Å². The van der Waals surface area contributed by atoms with Crippen LogP contribution in [0.4, 0.5) is 25.8 Å². The summed E-state index contributed by atoms with van der Waals surface area (Å²) in [7, 11) is 0. The van der Waals surface area contributed by atoms with E-state index in [0.717, 1.165) is 0 Å². The third-order valence-corrected chi connectivity index (χ3v) is 2.82. The molecular formula is C13H11ClF2N2. The van der Waals surface area contributed by atoms with E-state index < -0.39 is 5.82 Å². The van der Waals surface area contributed by atoms with Crippen molar-refractivity contribution in [1.82, 2.24) is 0 Å². The van der Waals surface area contributed by atoms with Crippen molar-refractivity contribution in [2.24, 2.45) is 0 Å². The lowest BCUT2D eigenvalue weighted by Gasteiger charge is -2.11. The van der Waals surface area contributed by atoms with Gasteiger partial charge in [0.05, 0.1) is 16.4 Å². The second-order valence-corrected chi connectivity index (χ2v) is 4.35. The van der Waals surface area contributed by atoms with Gasteiger partial charge in [0.25, 0.3) is 0 Å². The zero-order valence-electron chi connectivity index (χ0n) is 9.60. The molecule has 0 radical (unpaired) electrons. The van der Waals surface area contributed by atoms with Crippen LogP contribution in [0.25, 0.3) is 0 Å². The molecule has 94 valence electrons. The first-order valence-corrected chi connectivity index (χ1v) is 5.63. The maximum Gasteiger partial charge on any atom is 0.141 e. The maximum atomic E-state index is 13.2. The van der Waals surface area contributed by atoms with E-state index in [0.29, 0.717) is 16.9 Å². The molecule has 2 rings (SSSR count). The molecule has 0 unspecified atom stereocenters. The van der Waals surface area contributed by atoms with Crippen LogP contribution in [0.3, 0.4) is 0 Å². The van der Waals surface area contributed by atoms with Crippen LogP contribution < -0.4 is 11.1 Å². The molecule has 0 saturated heterocycles. The molecule has 2 aromatic carbocycles. The van der Waals surface area contributed by atoms with Gasteiger partial charge in [-0.25, -0.2) is 8.78 Å². The summed E-state index contributed by atoms with van der Waals surface area (Å²) < 4.78 is 26.2. The van der Waals surface area contributed by atoms with E-state index in [9.17, 15) is 8.78 Å². The first-order valence-electron chi connectivity index (χ1n) is 5.25. The van der Waals surface area contributed by atoms with Crippen molar-refractivity contribution in [3.8, 4) is 0 Å². The molecule has 0 amide bonds. The fraction of sp³-hybridized carbons (Fsp3) is 0.0769. The van der Waals surface area contributed by atoms with Crippen molar-refractivity contribution >= 4 is 28.7 Å². The van der Waals surface area contributed by atoms with Crippen LogP contribution in [-0.4, -0.2) is 0 Å². The molecule has 0 heterocycles. The minimum Gasteiger partial charge on any atom is -0.397 e. The van der Waals surface area contributed by atoms with E-state index in [2.05, 4.69) is 5.32 Å². The molecule has 18 heavy (non-hydrogen) atoms. The second-order valence-electron chi connectivity index (χ2n) is 3.94. The van der Waals surface area contributed by atoms with E-state index in [4.69, 9.17) is 17.3 Å². The summed E-state index contributed by atoms with van der Waals surface area (Å²) in [6.45, 7) is 1.64. The summed E-state index contributed by atoms with van der Waals surface area (Å²) in [5.74, 6) is -0.860. The number of halogens is 3. The minimum atomic E-state index is -0.495. The second kappa shape index (κ2) is 4.82. The summed E-state index contributed by atoms with van der Waals surface area (Å²) in [5.41, 5.74) is 7.58. The number of hydrogen-bond acceptors (Lipinski definition) is 2. The van der Waals surface area contributed by atoms with Gasteiger partial charge in [-0.3, -0.25) is 0 Å². The van der Waals surface area contributed by atoms with Gasteiger partial charge in [0.2, 0.25) is 0 Å². The monoisotopic (exact) mass is 268 g/mol. The fourth-order valence-corrected chi connectivity index (χ4v) is 1.72. The Kier molecular flexibility index (Phi) is 3.39. The Balaban J connectivity index is 2.34. The first kappa shape index (κ1) is 12.6. The summed E-state index contributed by atoms with van der Waals surface area (Å²) >= 11 is 5.67. The molecule has 0 aliphatic rings. The molecule has 2 aromatic rings. The summed E-state index contributed by atoms with van der Waals surface area (Å²) in [4.78, 5) is 0. The summed E-state index contributed by atoms with van der Waals surface area (Å²) in [6.07, 6.45) is 0. The number of rotatable bonds is 2. The van der Waals surface area contributed by atoms with Crippen LogP contribution in [0.1, 0.15) is 5.56 Å². The summed E-state index contributed by atoms with van der Waals surface area (Å²) in [6, 6.07) is 7.04. The Morgan fingerprint density at radius 2 is 1.83 bits per heavy atom. The number of hydrogen-bond donors (Lipinski definition) is 2. The van der Waals surface area contributed by atoms with Crippen LogP contribution in [0, 0.1) is 18.6 Å². The lowest BCUT2D eigenvalue weighted by molar-refractivity contribution is 0.619. The van der Waals surface area contributed by atoms with Crippen molar-refractivity contribution in [1.29, 1.82) is 0 Å². The molecule has 3 N–H and O–H groups in total. The zero-order chi connectivity index (χ0) is 13.3. The van der Waals surface area contributed by atoms with E-state index in [-0.39, 0.29) is 16.5 Å². The zero-order valence-corrected chi connectivity index (χ0v) is 10.4. The molecule has 0 atom stereocenters. The van der Waals surface area contributed by atoms with Crippen LogP contribution in [0.2, 0.25) is 5.02 Å². The SMILES string of the molecule is Cc1cc(Nc2ccc(F)c(Cl)c2)c(N)cc1F. The molecule has 0 aromatic heterocycles. The van der Waals surface area contributed by atoms with Gasteiger partial charge in [-0.15, -0.1) is 0 Å². The Hall–Kier alpha value is -1.81. The highest BCUT2D eigenvalue weighted by molar-refractivity contribution is 6.31. The number of nitrogens with one attached hydrogen (secondary N) is 1. The Labute approximate surface area is 108 Å². The van der Waals surface area contributed by atoms with E-state index >= 15 is 0 Å². The van der Waals surface area contributed by atoms with E-state index in [1.54, 1.807) is 13.0 Å². The third-order valence-electron chi connectivity index (χ3n) is 2.53. The van der Waals surface area contributed by atoms with Gasteiger partial charge in [-0.05, 0) is 42.8 Å². The van der Waals surface area contributed by atoms with Crippen molar-refractivity contribution in [2.45, 2.75) is 6.92 Å². The lowest BCUT2D eigenvalue weighted by atomic mass is 10.1. The molecule has 0 aliphatic carbocycles. The quantitative estimate of drug-likeness (QED) is 0.799. The molecular weight excluding hydrogens is 258 g/mol. The molecule has 5 heteroatoms. The average Bonchev–Trinajstić information content (AvgIpc) is 2.31. The molecule has 2 nitrogen and oxygen atoms in total. The largest absolute Gasteiger partial charge is 0.397 e. The maximum absolute atomic E-state index is 13.2. The first-order chi connectivity index (χ1) is 8.47. The highest BCUT2D eigenvalue weighted by Crippen LogP contribution is 2.28. The van der Waals surface area contributed by atoms with Crippen molar-refractivity contribution < 1.29 is 8.78 Å². The third kappa shape index (κ3) is 2.54. The Morgan fingerprint density at radius 1 is 1.11 bits per heavy atom. The Morgan fingerprint density at radius 3 is 2.50 bits per heavy atom. The van der Waals surface area contributed by atoms with Crippen LogP contribution in [0.15, 0.2) is 30.3 Å². The molecule has 0 bridgehead atoms. The number of nitrogens with two attached hydrogens (primary N) is 1. The normalized spacial score (nSPS) is 10.4. The summed E-state index contributed by atoms with van der Waals surface area (Å²) in [5, 5.41) is 2.98.